The van der Waals surface area contributed by atoms with E-state index in [-0.39, 0.29) is 18.2 Å². The van der Waals surface area contributed by atoms with E-state index in [1.165, 1.54) is 0 Å². The fourth-order valence-corrected chi connectivity index (χ4v) is 3.33. The van der Waals surface area contributed by atoms with Gasteiger partial charge in [0.1, 0.15) is 0 Å². The second-order valence-corrected chi connectivity index (χ2v) is 8.20. The summed E-state index contributed by atoms with van der Waals surface area (Å²) in [6, 6.07) is 5.49. The van der Waals surface area contributed by atoms with E-state index in [4.69, 9.17) is 25.6 Å². The number of hydrogen-bond acceptors (Lipinski definition) is 4. The normalized spacial score (nSPS) is 20.0. The first kappa shape index (κ1) is 19.8. The predicted octanol–water partition coefficient (Wildman–Crippen LogP) is 4.77. The molecule has 1 atom stereocenters. The van der Waals surface area contributed by atoms with Crippen LogP contribution in [0.4, 0.5) is 0 Å². The molecule has 1 unspecified atom stereocenters. The molecule has 132 valence electrons. The Hall–Kier alpha value is -0.555. The Morgan fingerprint density at radius 3 is 2.42 bits per heavy atom. The molecule has 0 aliphatic carbocycles. The Morgan fingerprint density at radius 2 is 1.88 bits per heavy atom. The van der Waals surface area contributed by atoms with Crippen molar-refractivity contribution in [1.82, 2.24) is 0 Å². The van der Waals surface area contributed by atoms with Crippen molar-refractivity contribution < 1.29 is 18.8 Å². The zero-order chi connectivity index (χ0) is 18.1. The second-order valence-electron chi connectivity index (χ2n) is 6.91. The summed E-state index contributed by atoms with van der Waals surface area (Å²) in [4.78, 5) is 12.1. The Morgan fingerprint density at radius 1 is 1.29 bits per heavy atom. The van der Waals surface area contributed by atoms with Crippen molar-refractivity contribution in [2.75, 3.05) is 6.61 Å². The van der Waals surface area contributed by atoms with Crippen LogP contribution in [0.25, 0.3) is 0 Å². The third-order valence-electron chi connectivity index (χ3n) is 4.65. The van der Waals surface area contributed by atoms with Gasteiger partial charge in [-0.15, -0.1) is 0 Å². The van der Waals surface area contributed by atoms with E-state index in [0.29, 0.717) is 11.6 Å². The van der Waals surface area contributed by atoms with Crippen LogP contribution in [0.1, 0.15) is 52.4 Å². The maximum Gasteiger partial charge on any atom is 0.466 e. The topological polar surface area (TPSA) is 44.8 Å². The monoisotopic (exact) mass is 416 g/mol. The van der Waals surface area contributed by atoms with Crippen molar-refractivity contribution in [1.29, 1.82) is 0 Å². The average molecular weight is 418 g/mol. The number of hydrogen-bond donors (Lipinski definition) is 0. The zero-order valence-electron chi connectivity index (χ0n) is 14.7. The molecule has 0 amide bonds. The van der Waals surface area contributed by atoms with Crippen LogP contribution in [-0.2, 0) is 18.8 Å². The van der Waals surface area contributed by atoms with Gasteiger partial charge >= 0.3 is 13.1 Å². The summed E-state index contributed by atoms with van der Waals surface area (Å²) >= 11 is 9.70. The maximum atomic E-state index is 12.1. The van der Waals surface area contributed by atoms with Gasteiger partial charge < -0.3 is 14.0 Å². The first-order valence-electron chi connectivity index (χ1n) is 8.03. The number of esters is 1. The van der Waals surface area contributed by atoms with Crippen molar-refractivity contribution in [3.8, 4) is 0 Å². The lowest BCUT2D eigenvalue weighted by molar-refractivity contribution is -0.143. The Kier molecular flexibility index (Phi) is 6.06. The van der Waals surface area contributed by atoms with Gasteiger partial charge in [-0.05, 0) is 58.4 Å². The van der Waals surface area contributed by atoms with Gasteiger partial charge in [-0.2, -0.15) is 0 Å². The summed E-state index contributed by atoms with van der Waals surface area (Å²) in [6.45, 7) is 10.1. The minimum Gasteiger partial charge on any atom is -0.466 e. The molecular formula is C17H23BBrClO4. The van der Waals surface area contributed by atoms with Crippen LogP contribution in [0.15, 0.2) is 22.7 Å². The first-order valence-corrected chi connectivity index (χ1v) is 9.20. The van der Waals surface area contributed by atoms with Gasteiger partial charge in [-0.1, -0.05) is 27.5 Å². The fraction of sp³-hybridized carbons (Fsp3) is 0.588. The van der Waals surface area contributed by atoms with Crippen LogP contribution >= 0.6 is 27.5 Å². The SMILES string of the molecule is CCOC(=O)CC(B1OC(C)(C)C(C)(C)O1)c1cc(Cl)ccc1Br. The zero-order valence-corrected chi connectivity index (χ0v) is 17.0. The maximum absolute atomic E-state index is 12.1. The Balaban J connectivity index is 2.37. The lowest BCUT2D eigenvalue weighted by Gasteiger charge is -2.32. The van der Waals surface area contributed by atoms with Gasteiger partial charge in [0.15, 0.2) is 0 Å². The standard InChI is InChI=1S/C17H23BBrClO4/c1-6-22-15(21)10-13(12-9-11(20)7-8-14(12)19)18-23-16(2,3)17(4,5)24-18/h7-9,13H,6,10H2,1-5H3. The molecular weight excluding hydrogens is 394 g/mol. The highest BCUT2D eigenvalue weighted by Crippen LogP contribution is 2.43. The van der Waals surface area contributed by atoms with E-state index < -0.39 is 18.3 Å². The largest absolute Gasteiger partial charge is 0.466 e. The Bertz CT molecular complexity index is 605. The second kappa shape index (κ2) is 7.36. The molecule has 0 spiro atoms. The predicted molar refractivity (Wildman–Crippen MR) is 99.2 cm³/mol. The van der Waals surface area contributed by atoms with Gasteiger partial charge in [0.25, 0.3) is 0 Å². The molecule has 24 heavy (non-hydrogen) atoms. The molecule has 1 aliphatic rings. The molecule has 0 N–H and O–H groups in total. The number of carbonyl (C=O) groups excluding carboxylic acids is 1. The van der Waals surface area contributed by atoms with Gasteiger partial charge in [-0.3, -0.25) is 4.79 Å². The van der Waals surface area contributed by atoms with Crippen LogP contribution in [0.3, 0.4) is 0 Å². The third kappa shape index (κ3) is 4.16. The summed E-state index contributed by atoms with van der Waals surface area (Å²) in [7, 11) is -0.561. The van der Waals surface area contributed by atoms with E-state index in [2.05, 4.69) is 15.9 Å². The fourth-order valence-electron chi connectivity index (χ4n) is 2.60. The van der Waals surface area contributed by atoms with E-state index in [1.54, 1.807) is 13.0 Å². The van der Waals surface area contributed by atoms with Crippen molar-refractivity contribution in [3.05, 3.63) is 33.3 Å². The molecule has 1 aliphatic heterocycles. The minimum atomic E-state index is -0.561. The van der Waals surface area contributed by atoms with Crippen LogP contribution in [-0.4, -0.2) is 30.9 Å². The van der Waals surface area contributed by atoms with E-state index in [0.717, 1.165) is 10.0 Å². The molecule has 1 aromatic rings. The number of halogens is 2. The molecule has 1 heterocycles. The van der Waals surface area contributed by atoms with E-state index >= 15 is 0 Å². The van der Waals surface area contributed by atoms with Crippen LogP contribution in [0, 0.1) is 0 Å². The number of carbonyl (C=O) groups is 1. The van der Waals surface area contributed by atoms with Crippen LogP contribution in [0.5, 0.6) is 0 Å². The molecule has 0 bridgehead atoms. The molecule has 4 nitrogen and oxygen atoms in total. The molecule has 0 saturated carbocycles. The quantitative estimate of drug-likeness (QED) is 0.511. The summed E-state index contributed by atoms with van der Waals surface area (Å²) in [5.74, 6) is -0.609. The van der Waals surface area contributed by atoms with Gasteiger partial charge in [0, 0.05) is 15.3 Å². The summed E-state index contributed by atoms with van der Waals surface area (Å²) in [5, 5.41) is 0.596. The van der Waals surface area contributed by atoms with Crippen molar-refractivity contribution in [3.63, 3.8) is 0 Å². The number of benzene rings is 1. The summed E-state index contributed by atoms with van der Waals surface area (Å²) in [6.07, 6.45) is 0.156. The van der Waals surface area contributed by atoms with Gasteiger partial charge in [-0.25, -0.2) is 0 Å². The third-order valence-corrected chi connectivity index (χ3v) is 5.61. The van der Waals surface area contributed by atoms with Crippen molar-refractivity contribution in [2.24, 2.45) is 0 Å². The summed E-state index contributed by atoms with van der Waals surface area (Å²) < 4.78 is 18.3. The van der Waals surface area contributed by atoms with Gasteiger partial charge in [0.05, 0.1) is 24.2 Å². The molecule has 2 rings (SSSR count). The Labute approximate surface area is 157 Å². The summed E-state index contributed by atoms with van der Waals surface area (Å²) in [5.41, 5.74) is -0.0836. The number of ether oxygens (including phenoxy) is 1. The minimum absolute atomic E-state index is 0.156. The molecule has 0 radical (unpaired) electrons. The number of rotatable bonds is 5. The van der Waals surface area contributed by atoms with Crippen LogP contribution < -0.4 is 0 Å². The van der Waals surface area contributed by atoms with Crippen molar-refractivity contribution >= 4 is 40.6 Å². The molecule has 7 heteroatoms. The highest BCUT2D eigenvalue weighted by Gasteiger charge is 2.54. The lowest BCUT2D eigenvalue weighted by Crippen LogP contribution is -2.41. The first-order chi connectivity index (χ1) is 11.1. The van der Waals surface area contributed by atoms with E-state index in [1.807, 2.05) is 39.8 Å². The van der Waals surface area contributed by atoms with Gasteiger partial charge in [0.2, 0.25) is 0 Å². The lowest BCUT2D eigenvalue weighted by atomic mass is 9.66. The highest BCUT2D eigenvalue weighted by molar-refractivity contribution is 9.10. The molecule has 1 aromatic carbocycles. The average Bonchev–Trinajstić information content (AvgIpc) is 2.68. The smallest absolute Gasteiger partial charge is 0.466 e. The van der Waals surface area contributed by atoms with Crippen LogP contribution in [0.2, 0.25) is 5.02 Å². The molecule has 1 fully saturated rings. The van der Waals surface area contributed by atoms with E-state index in [9.17, 15) is 4.79 Å². The molecule has 0 aromatic heterocycles. The van der Waals surface area contributed by atoms with Crippen molar-refractivity contribution in [2.45, 2.75) is 58.1 Å². The highest BCUT2D eigenvalue weighted by atomic mass is 79.9. The molecule has 1 saturated heterocycles.